The zero-order chi connectivity index (χ0) is 11.3. The highest BCUT2D eigenvalue weighted by molar-refractivity contribution is 5.14. The van der Waals surface area contributed by atoms with Crippen LogP contribution in [0.4, 0.5) is 13.2 Å². The molecule has 15 heavy (non-hydrogen) atoms. The maximum absolute atomic E-state index is 12.5. The average molecular weight is 218 g/mol. The highest BCUT2D eigenvalue weighted by Gasteiger charge is 2.36. The van der Waals surface area contributed by atoms with Crippen LogP contribution in [0.3, 0.4) is 0 Å². The van der Waals surface area contributed by atoms with E-state index in [9.17, 15) is 13.2 Å². The largest absolute Gasteiger partial charge is 0.460 e. The van der Waals surface area contributed by atoms with Gasteiger partial charge in [0.15, 0.2) is 0 Å². The van der Waals surface area contributed by atoms with E-state index in [1.54, 1.807) is 30.3 Å². The molecule has 0 aliphatic carbocycles. The van der Waals surface area contributed by atoms with E-state index < -0.39 is 6.30 Å². The molecule has 0 heterocycles. The first-order chi connectivity index (χ1) is 7.04. The van der Waals surface area contributed by atoms with Crippen molar-refractivity contribution in [1.82, 2.24) is 4.90 Å². The van der Waals surface area contributed by atoms with E-state index in [0.717, 1.165) is 0 Å². The van der Waals surface area contributed by atoms with Gasteiger partial charge in [0.25, 0.3) is 0 Å². The number of nitrogens with zero attached hydrogens (tertiary/aromatic N) is 1. The Labute approximate surface area is 86.5 Å². The van der Waals surface area contributed by atoms with Gasteiger partial charge in [-0.1, -0.05) is 30.3 Å². The van der Waals surface area contributed by atoms with Gasteiger partial charge in [0.05, 0.1) is 0 Å². The SMILES string of the molecule is NCCN(Cc1ccccc1)C(F)(F)F. The molecule has 0 saturated heterocycles. The zero-order valence-corrected chi connectivity index (χ0v) is 8.17. The molecule has 0 saturated carbocycles. The van der Waals surface area contributed by atoms with Crippen LogP contribution in [-0.4, -0.2) is 24.3 Å². The van der Waals surface area contributed by atoms with Crippen molar-refractivity contribution in [1.29, 1.82) is 0 Å². The summed E-state index contributed by atoms with van der Waals surface area (Å²) in [5.41, 5.74) is 5.77. The van der Waals surface area contributed by atoms with Crippen LogP contribution < -0.4 is 5.73 Å². The topological polar surface area (TPSA) is 29.3 Å². The fraction of sp³-hybridized carbons (Fsp3) is 0.400. The van der Waals surface area contributed by atoms with Crippen LogP contribution in [0.2, 0.25) is 0 Å². The molecule has 0 aromatic heterocycles. The standard InChI is InChI=1S/C10H13F3N2/c11-10(12,13)15(7-6-14)8-9-4-2-1-3-5-9/h1-5H,6-8,14H2. The molecule has 2 nitrogen and oxygen atoms in total. The minimum atomic E-state index is -4.32. The summed E-state index contributed by atoms with van der Waals surface area (Å²) in [6, 6.07) is 8.52. The molecule has 0 aliphatic rings. The van der Waals surface area contributed by atoms with Gasteiger partial charge in [-0.15, -0.1) is 0 Å². The summed E-state index contributed by atoms with van der Waals surface area (Å²) in [5, 5.41) is 0. The van der Waals surface area contributed by atoms with Crippen molar-refractivity contribution >= 4 is 0 Å². The first-order valence-corrected chi connectivity index (χ1v) is 4.60. The Balaban J connectivity index is 2.67. The summed E-state index contributed by atoms with van der Waals surface area (Å²) in [7, 11) is 0. The molecule has 0 unspecified atom stereocenters. The Bertz CT molecular complexity index is 284. The molecule has 1 aromatic carbocycles. The van der Waals surface area contributed by atoms with Crippen molar-refractivity contribution in [2.24, 2.45) is 5.73 Å². The number of hydrogen-bond acceptors (Lipinski definition) is 2. The normalized spacial score (nSPS) is 12.1. The fourth-order valence-electron chi connectivity index (χ4n) is 1.26. The number of rotatable bonds is 4. The second-order valence-corrected chi connectivity index (χ2v) is 3.16. The van der Waals surface area contributed by atoms with Crippen LogP contribution in [0, 0.1) is 0 Å². The molecule has 0 aliphatic heterocycles. The summed E-state index contributed by atoms with van der Waals surface area (Å²) in [4.78, 5) is 0.405. The van der Waals surface area contributed by atoms with Crippen LogP contribution >= 0.6 is 0 Å². The smallest absolute Gasteiger partial charge is 0.329 e. The zero-order valence-electron chi connectivity index (χ0n) is 8.17. The Kier molecular flexibility index (Phi) is 4.11. The quantitative estimate of drug-likeness (QED) is 0.783. The van der Waals surface area contributed by atoms with Gasteiger partial charge in [-0.3, -0.25) is 0 Å². The van der Waals surface area contributed by atoms with Gasteiger partial charge in [0, 0.05) is 19.6 Å². The molecular formula is C10H13F3N2. The molecule has 0 fully saturated rings. The Morgan fingerprint density at radius 2 is 1.73 bits per heavy atom. The highest BCUT2D eigenvalue weighted by Crippen LogP contribution is 2.22. The maximum Gasteiger partial charge on any atom is 0.460 e. The lowest BCUT2D eigenvalue weighted by molar-refractivity contribution is -0.248. The van der Waals surface area contributed by atoms with E-state index in [1.807, 2.05) is 0 Å². The van der Waals surface area contributed by atoms with Crippen molar-refractivity contribution in [3.63, 3.8) is 0 Å². The molecule has 2 N–H and O–H groups in total. The third kappa shape index (κ3) is 3.89. The molecule has 1 aromatic rings. The summed E-state index contributed by atoms with van der Waals surface area (Å²) < 4.78 is 37.4. The second kappa shape index (κ2) is 5.14. The van der Waals surface area contributed by atoms with Crippen molar-refractivity contribution in [3.05, 3.63) is 35.9 Å². The van der Waals surface area contributed by atoms with E-state index in [1.165, 1.54) is 0 Å². The third-order valence-corrected chi connectivity index (χ3v) is 1.97. The Morgan fingerprint density at radius 1 is 1.13 bits per heavy atom. The van der Waals surface area contributed by atoms with Gasteiger partial charge in [-0.05, 0) is 5.56 Å². The first kappa shape index (κ1) is 12.0. The van der Waals surface area contributed by atoms with Crippen LogP contribution in [0.1, 0.15) is 5.56 Å². The minimum absolute atomic E-state index is 0.00760. The molecule has 0 atom stereocenters. The minimum Gasteiger partial charge on any atom is -0.329 e. The van der Waals surface area contributed by atoms with E-state index in [-0.39, 0.29) is 19.6 Å². The maximum atomic E-state index is 12.5. The number of benzene rings is 1. The molecule has 0 radical (unpaired) electrons. The predicted octanol–water partition coefficient (Wildman–Crippen LogP) is 1.97. The molecule has 5 heteroatoms. The summed E-state index contributed by atoms with van der Waals surface area (Å²) in [6.45, 7) is -0.341. The molecule has 0 spiro atoms. The van der Waals surface area contributed by atoms with Crippen LogP contribution in [0.15, 0.2) is 30.3 Å². The Morgan fingerprint density at radius 3 is 2.20 bits per heavy atom. The third-order valence-electron chi connectivity index (χ3n) is 1.97. The van der Waals surface area contributed by atoms with Gasteiger partial charge in [0.1, 0.15) is 0 Å². The molecule has 84 valence electrons. The molecule has 0 amide bonds. The van der Waals surface area contributed by atoms with Gasteiger partial charge < -0.3 is 5.73 Å². The highest BCUT2D eigenvalue weighted by atomic mass is 19.4. The predicted molar refractivity (Wildman–Crippen MR) is 52.0 cm³/mol. The molecule has 1 rings (SSSR count). The van der Waals surface area contributed by atoms with E-state index in [0.29, 0.717) is 10.5 Å². The number of alkyl halides is 3. The van der Waals surface area contributed by atoms with Crippen molar-refractivity contribution in [2.75, 3.05) is 13.1 Å². The van der Waals surface area contributed by atoms with E-state index in [2.05, 4.69) is 0 Å². The van der Waals surface area contributed by atoms with E-state index >= 15 is 0 Å². The summed E-state index contributed by atoms with van der Waals surface area (Å²) >= 11 is 0. The first-order valence-electron chi connectivity index (χ1n) is 4.60. The number of halogens is 3. The lowest BCUT2D eigenvalue weighted by Gasteiger charge is -2.24. The van der Waals surface area contributed by atoms with Gasteiger partial charge in [-0.25, -0.2) is 4.90 Å². The van der Waals surface area contributed by atoms with Crippen molar-refractivity contribution in [2.45, 2.75) is 12.8 Å². The number of nitrogens with two attached hydrogens (primary N) is 1. The summed E-state index contributed by atoms with van der Waals surface area (Å²) in [6.07, 6.45) is -4.32. The molecule has 0 bridgehead atoms. The van der Waals surface area contributed by atoms with Crippen LogP contribution in [0.5, 0.6) is 0 Å². The Hall–Kier alpha value is -1.07. The second-order valence-electron chi connectivity index (χ2n) is 3.16. The van der Waals surface area contributed by atoms with E-state index in [4.69, 9.17) is 5.73 Å². The number of hydrogen-bond donors (Lipinski definition) is 1. The van der Waals surface area contributed by atoms with Crippen molar-refractivity contribution < 1.29 is 13.2 Å². The monoisotopic (exact) mass is 218 g/mol. The summed E-state index contributed by atoms with van der Waals surface area (Å²) in [5.74, 6) is 0. The lowest BCUT2D eigenvalue weighted by atomic mass is 10.2. The van der Waals surface area contributed by atoms with Gasteiger partial charge in [-0.2, -0.15) is 13.2 Å². The van der Waals surface area contributed by atoms with Gasteiger partial charge >= 0.3 is 6.30 Å². The van der Waals surface area contributed by atoms with Crippen LogP contribution in [-0.2, 0) is 6.54 Å². The van der Waals surface area contributed by atoms with Crippen molar-refractivity contribution in [3.8, 4) is 0 Å². The average Bonchev–Trinajstić information content (AvgIpc) is 2.17. The van der Waals surface area contributed by atoms with Crippen LogP contribution in [0.25, 0.3) is 0 Å². The fourth-order valence-corrected chi connectivity index (χ4v) is 1.26. The van der Waals surface area contributed by atoms with Gasteiger partial charge in [0.2, 0.25) is 0 Å². The lowest BCUT2D eigenvalue weighted by Crippen LogP contribution is -2.40. The molecular weight excluding hydrogens is 205 g/mol.